The van der Waals surface area contributed by atoms with Crippen molar-refractivity contribution < 1.29 is 9.59 Å². The van der Waals surface area contributed by atoms with Gasteiger partial charge in [0.2, 0.25) is 0 Å². The summed E-state index contributed by atoms with van der Waals surface area (Å²) in [7, 11) is 0. The van der Waals surface area contributed by atoms with Crippen molar-refractivity contribution >= 4 is 17.5 Å². The van der Waals surface area contributed by atoms with E-state index < -0.39 is 0 Å². The highest BCUT2D eigenvalue weighted by molar-refractivity contribution is 6.04. The molecule has 0 spiro atoms. The Balaban J connectivity index is 1.40. The van der Waals surface area contributed by atoms with Crippen LogP contribution in [0.15, 0.2) is 54.6 Å². The van der Waals surface area contributed by atoms with Gasteiger partial charge in [0, 0.05) is 42.0 Å². The monoisotopic (exact) mass is 405 g/mol. The summed E-state index contributed by atoms with van der Waals surface area (Å²) in [5.74, 6) is -0.0134. The van der Waals surface area contributed by atoms with E-state index in [2.05, 4.69) is 22.0 Å². The Kier molecular flexibility index (Phi) is 6.48. The zero-order chi connectivity index (χ0) is 20.9. The molecule has 0 unspecified atom stereocenters. The molecule has 0 radical (unpaired) electrons. The first-order chi connectivity index (χ1) is 14.7. The Hall–Kier alpha value is -2.66. The number of hydrogen-bond acceptors (Lipinski definition) is 3. The van der Waals surface area contributed by atoms with Gasteiger partial charge in [-0.1, -0.05) is 25.1 Å². The smallest absolute Gasteiger partial charge is 0.255 e. The van der Waals surface area contributed by atoms with E-state index in [0.717, 1.165) is 45.3 Å². The van der Waals surface area contributed by atoms with Crippen LogP contribution in [0.5, 0.6) is 0 Å². The third kappa shape index (κ3) is 4.90. The number of carbonyl (C=O) groups excluding carboxylic acids is 2. The second-order valence-electron chi connectivity index (χ2n) is 8.41. The molecule has 2 aromatic carbocycles. The molecule has 0 atom stereocenters. The molecule has 2 aromatic rings. The van der Waals surface area contributed by atoms with E-state index in [9.17, 15) is 9.59 Å². The van der Waals surface area contributed by atoms with E-state index in [0.29, 0.717) is 28.9 Å². The third-order valence-electron chi connectivity index (χ3n) is 6.09. The number of likely N-dealkylation sites (tertiary alicyclic amines) is 1. The van der Waals surface area contributed by atoms with Crippen molar-refractivity contribution in [3.05, 3.63) is 65.7 Å². The van der Waals surface area contributed by atoms with Crippen LogP contribution in [0.4, 0.5) is 5.69 Å². The summed E-state index contributed by atoms with van der Waals surface area (Å²) in [6, 6.07) is 17.2. The van der Waals surface area contributed by atoms with Crippen LogP contribution in [0.25, 0.3) is 0 Å². The predicted octanol–water partition coefficient (Wildman–Crippen LogP) is 4.42. The number of piperidine rings is 1. The van der Waals surface area contributed by atoms with E-state index in [-0.39, 0.29) is 11.8 Å². The van der Waals surface area contributed by atoms with Crippen LogP contribution < -0.4 is 5.32 Å². The first-order valence-corrected chi connectivity index (χ1v) is 11.2. The molecule has 2 amide bonds. The van der Waals surface area contributed by atoms with Crippen molar-refractivity contribution in [1.82, 2.24) is 9.80 Å². The van der Waals surface area contributed by atoms with Crippen molar-refractivity contribution in [2.24, 2.45) is 0 Å². The molecule has 4 rings (SSSR count). The van der Waals surface area contributed by atoms with Gasteiger partial charge in [0.25, 0.3) is 11.8 Å². The lowest BCUT2D eigenvalue weighted by molar-refractivity contribution is 0.0549. The molecule has 1 N–H and O–H groups in total. The average molecular weight is 406 g/mol. The number of nitrogens with one attached hydrogen (secondary N) is 1. The second kappa shape index (κ2) is 9.43. The molecule has 2 aliphatic rings. The van der Waals surface area contributed by atoms with Crippen molar-refractivity contribution in [2.75, 3.05) is 25.0 Å². The van der Waals surface area contributed by atoms with Gasteiger partial charge in [0.15, 0.2) is 0 Å². The van der Waals surface area contributed by atoms with E-state index in [4.69, 9.17) is 0 Å². The van der Waals surface area contributed by atoms with Gasteiger partial charge < -0.3 is 15.1 Å². The third-order valence-corrected chi connectivity index (χ3v) is 6.09. The van der Waals surface area contributed by atoms with Crippen LogP contribution in [0, 0.1) is 0 Å². The van der Waals surface area contributed by atoms with E-state index >= 15 is 0 Å². The van der Waals surface area contributed by atoms with Gasteiger partial charge in [0.1, 0.15) is 0 Å². The Morgan fingerprint density at radius 3 is 2.13 bits per heavy atom. The van der Waals surface area contributed by atoms with Gasteiger partial charge in [0.05, 0.1) is 0 Å². The molecule has 1 heterocycles. The highest BCUT2D eigenvalue weighted by Crippen LogP contribution is 2.33. The van der Waals surface area contributed by atoms with Crippen molar-refractivity contribution in [3.63, 3.8) is 0 Å². The number of nitrogens with zero attached hydrogens (tertiary/aromatic N) is 2. The second-order valence-corrected chi connectivity index (χ2v) is 8.41. The molecule has 1 aliphatic carbocycles. The number of carbonyl (C=O) groups is 2. The fourth-order valence-electron chi connectivity index (χ4n) is 4.36. The van der Waals surface area contributed by atoms with E-state index in [1.807, 2.05) is 42.5 Å². The summed E-state index contributed by atoms with van der Waals surface area (Å²) in [5, 5.41) is 2.90. The number of amides is 2. The minimum absolute atomic E-state index is 0.132. The molecule has 1 saturated heterocycles. The first-order valence-electron chi connectivity index (χ1n) is 11.2. The Morgan fingerprint density at radius 1 is 0.900 bits per heavy atom. The van der Waals surface area contributed by atoms with Gasteiger partial charge in [-0.15, -0.1) is 0 Å². The summed E-state index contributed by atoms with van der Waals surface area (Å²) < 4.78 is 0. The lowest BCUT2D eigenvalue weighted by atomic mass is 10.0. The highest BCUT2D eigenvalue weighted by Gasteiger charge is 2.38. The molecule has 5 heteroatoms. The Labute approximate surface area is 179 Å². The Morgan fingerprint density at radius 2 is 1.53 bits per heavy atom. The van der Waals surface area contributed by atoms with Crippen LogP contribution in [-0.4, -0.2) is 53.3 Å². The molecular weight excluding hydrogens is 374 g/mol. The average Bonchev–Trinajstić information content (AvgIpc) is 3.61. The molecule has 2 fully saturated rings. The van der Waals surface area contributed by atoms with E-state index in [1.165, 1.54) is 6.42 Å². The SMILES string of the molecule is CCCN1CCC(N(C(=O)c2ccc(NC(=O)c3ccccc3)cc2)C2CC2)CC1. The molecule has 5 nitrogen and oxygen atoms in total. The summed E-state index contributed by atoms with van der Waals surface area (Å²) in [6.45, 7) is 5.54. The molecule has 30 heavy (non-hydrogen) atoms. The molecule has 0 aromatic heterocycles. The largest absolute Gasteiger partial charge is 0.333 e. The standard InChI is InChI=1S/C25H31N3O2/c1-2-16-27-17-14-23(15-18-27)28(22-12-13-22)25(30)20-8-10-21(11-9-20)26-24(29)19-6-4-3-5-7-19/h3-11,22-23H,2,12-18H2,1H3,(H,26,29). The summed E-state index contributed by atoms with van der Waals surface area (Å²) in [6.07, 6.45) is 5.54. The lowest BCUT2D eigenvalue weighted by Crippen LogP contribution is -2.48. The number of benzene rings is 2. The van der Waals surface area contributed by atoms with Gasteiger partial charge in [-0.2, -0.15) is 0 Å². The zero-order valence-corrected chi connectivity index (χ0v) is 17.7. The van der Waals surface area contributed by atoms with Gasteiger partial charge >= 0.3 is 0 Å². The fraction of sp³-hybridized carbons (Fsp3) is 0.440. The molecule has 158 valence electrons. The maximum atomic E-state index is 13.3. The minimum atomic E-state index is -0.145. The topological polar surface area (TPSA) is 52.6 Å². The van der Waals surface area contributed by atoms with Crippen molar-refractivity contribution in [3.8, 4) is 0 Å². The number of hydrogen-bond donors (Lipinski definition) is 1. The van der Waals surface area contributed by atoms with E-state index in [1.54, 1.807) is 12.1 Å². The Bertz CT molecular complexity index is 854. The summed E-state index contributed by atoms with van der Waals surface area (Å²) in [4.78, 5) is 30.3. The fourth-order valence-corrected chi connectivity index (χ4v) is 4.36. The zero-order valence-electron chi connectivity index (χ0n) is 17.7. The van der Waals surface area contributed by atoms with Crippen LogP contribution >= 0.6 is 0 Å². The maximum absolute atomic E-state index is 13.3. The summed E-state index contributed by atoms with van der Waals surface area (Å²) in [5.41, 5.74) is 2.02. The maximum Gasteiger partial charge on any atom is 0.255 e. The molecular formula is C25H31N3O2. The van der Waals surface area contributed by atoms with Crippen molar-refractivity contribution in [1.29, 1.82) is 0 Å². The van der Waals surface area contributed by atoms with Crippen LogP contribution in [0.1, 0.15) is 59.7 Å². The normalized spacial score (nSPS) is 17.5. The minimum Gasteiger partial charge on any atom is -0.333 e. The summed E-state index contributed by atoms with van der Waals surface area (Å²) >= 11 is 0. The first kappa shape index (κ1) is 20.6. The highest BCUT2D eigenvalue weighted by atomic mass is 16.2. The van der Waals surface area contributed by atoms with Crippen LogP contribution in [-0.2, 0) is 0 Å². The quantitative estimate of drug-likeness (QED) is 0.742. The lowest BCUT2D eigenvalue weighted by Gasteiger charge is -2.39. The molecule has 0 bridgehead atoms. The van der Waals surface area contributed by atoms with Gasteiger partial charge in [-0.05, 0) is 75.0 Å². The number of anilines is 1. The molecule has 1 saturated carbocycles. The predicted molar refractivity (Wildman–Crippen MR) is 120 cm³/mol. The van der Waals surface area contributed by atoms with Crippen molar-refractivity contribution in [2.45, 2.75) is 51.1 Å². The van der Waals surface area contributed by atoms with Gasteiger partial charge in [-0.25, -0.2) is 0 Å². The van der Waals surface area contributed by atoms with Crippen LogP contribution in [0.2, 0.25) is 0 Å². The van der Waals surface area contributed by atoms with Crippen LogP contribution in [0.3, 0.4) is 0 Å². The number of rotatable bonds is 7. The molecule has 1 aliphatic heterocycles. The van der Waals surface area contributed by atoms with Gasteiger partial charge in [-0.3, -0.25) is 9.59 Å².